The van der Waals surface area contributed by atoms with Gasteiger partial charge in [0.05, 0.1) is 24.7 Å². The van der Waals surface area contributed by atoms with Crippen molar-refractivity contribution >= 4 is 41.2 Å². The van der Waals surface area contributed by atoms with Crippen molar-refractivity contribution in [1.29, 1.82) is 0 Å². The Bertz CT molecular complexity index is 1310. The predicted molar refractivity (Wildman–Crippen MR) is 144 cm³/mol. The molecule has 2 bridgehead atoms. The number of halogens is 1. The van der Waals surface area contributed by atoms with Crippen LogP contribution in [0.4, 0.5) is 5.69 Å². The van der Waals surface area contributed by atoms with E-state index in [1.807, 2.05) is 13.0 Å². The van der Waals surface area contributed by atoms with Crippen LogP contribution in [0.25, 0.3) is 0 Å². The molecule has 1 aliphatic heterocycles. The number of nitrogens with one attached hydrogen (secondary N) is 1. The molecular weight excluding hydrogens is 506 g/mol. The van der Waals surface area contributed by atoms with Crippen molar-refractivity contribution in [3.8, 4) is 11.5 Å². The van der Waals surface area contributed by atoms with E-state index in [1.54, 1.807) is 36.4 Å². The zero-order valence-electron chi connectivity index (χ0n) is 20.9. The van der Waals surface area contributed by atoms with E-state index in [-0.39, 0.29) is 48.0 Å². The second-order valence-corrected chi connectivity index (χ2v) is 9.95. The molecule has 5 rings (SSSR count). The highest BCUT2D eigenvalue weighted by atomic mass is 35.5. The van der Waals surface area contributed by atoms with Gasteiger partial charge < -0.3 is 14.8 Å². The van der Waals surface area contributed by atoms with E-state index in [4.69, 9.17) is 21.1 Å². The van der Waals surface area contributed by atoms with Crippen molar-refractivity contribution < 1.29 is 23.9 Å². The van der Waals surface area contributed by atoms with Crippen LogP contribution in [0.5, 0.6) is 11.5 Å². The number of hydrogen-bond acceptors (Lipinski definition) is 6. The summed E-state index contributed by atoms with van der Waals surface area (Å²) in [5.41, 5.74) is 1.96. The van der Waals surface area contributed by atoms with E-state index in [0.29, 0.717) is 40.8 Å². The molecule has 1 saturated carbocycles. The van der Waals surface area contributed by atoms with Crippen molar-refractivity contribution in [3.05, 3.63) is 77.4 Å². The van der Waals surface area contributed by atoms with E-state index >= 15 is 0 Å². The number of hydrazone groups is 1. The highest BCUT2D eigenvalue weighted by Crippen LogP contribution is 2.52. The van der Waals surface area contributed by atoms with Crippen molar-refractivity contribution in [2.24, 2.45) is 28.8 Å². The molecule has 2 fully saturated rings. The molecular formula is C29H28ClN3O5. The molecule has 2 aliphatic carbocycles. The Labute approximate surface area is 225 Å². The number of amides is 3. The number of fused-ring (bicyclic) bond motifs is 5. The van der Waals surface area contributed by atoms with Gasteiger partial charge in [0.25, 0.3) is 17.7 Å². The third-order valence-electron chi connectivity index (χ3n) is 7.06. The van der Waals surface area contributed by atoms with Crippen LogP contribution < -0.4 is 14.8 Å². The maximum atomic E-state index is 13.0. The number of nitrogens with zero attached hydrogens (tertiary/aromatic N) is 2. The SMILES string of the molecule is C=CCc1cc(C=NN2C(=O)[C@@H]3[C@H](C2=O)[C@H]2C=C[C@H]3C2)cc(OCC)c1OCC(=O)Nc1ccc(Cl)cc1. The Hall–Kier alpha value is -3.91. The van der Waals surface area contributed by atoms with Gasteiger partial charge in [0.2, 0.25) is 0 Å². The molecule has 3 aliphatic rings. The van der Waals surface area contributed by atoms with Gasteiger partial charge in [-0.2, -0.15) is 10.1 Å². The monoisotopic (exact) mass is 533 g/mol. The average Bonchev–Trinajstić information content (AvgIpc) is 3.58. The van der Waals surface area contributed by atoms with Gasteiger partial charge in [-0.05, 0) is 73.6 Å². The lowest BCUT2D eigenvalue weighted by Crippen LogP contribution is -2.28. The Morgan fingerprint density at radius 2 is 1.82 bits per heavy atom. The van der Waals surface area contributed by atoms with Crippen LogP contribution in [-0.2, 0) is 20.8 Å². The first-order valence-electron chi connectivity index (χ1n) is 12.6. The van der Waals surface area contributed by atoms with Crippen LogP contribution in [0.3, 0.4) is 0 Å². The zero-order chi connectivity index (χ0) is 26.8. The first-order chi connectivity index (χ1) is 18.4. The highest BCUT2D eigenvalue weighted by molar-refractivity contribution is 6.30. The number of rotatable bonds is 10. The second-order valence-electron chi connectivity index (χ2n) is 9.51. The fourth-order valence-corrected chi connectivity index (χ4v) is 5.61. The van der Waals surface area contributed by atoms with Crippen molar-refractivity contribution in [1.82, 2.24) is 5.01 Å². The van der Waals surface area contributed by atoms with Gasteiger partial charge in [-0.15, -0.1) is 6.58 Å². The molecule has 38 heavy (non-hydrogen) atoms. The summed E-state index contributed by atoms with van der Waals surface area (Å²) in [6.07, 6.45) is 8.61. The average molecular weight is 534 g/mol. The maximum absolute atomic E-state index is 13.0. The van der Waals surface area contributed by atoms with E-state index in [1.165, 1.54) is 6.21 Å². The first kappa shape index (κ1) is 25.7. The highest BCUT2D eigenvalue weighted by Gasteiger charge is 2.59. The van der Waals surface area contributed by atoms with E-state index in [2.05, 4.69) is 29.1 Å². The summed E-state index contributed by atoms with van der Waals surface area (Å²) < 4.78 is 11.7. The number of benzene rings is 2. The quantitative estimate of drug-likeness (QED) is 0.273. The Balaban J connectivity index is 1.33. The minimum atomic E-state index is -0.343. The number of hydrogen-bond donors (Lipinski definition) is 1. The second kappa shape index (κ2) is 10.8. The lowest BCUT2D eigenvalue weighted by molar-refractivity contribution is -0.140. The summed E-state index contributed by atoms with van der Waals surface area (Å²) >= 11 is 5.90. The van der Waals surface area contributed by atoms with Gasteiger partial charge in [0.1, 0.15) is 0 Å². The fourth-order valence-electron chi connectivity index (χ4n) is 5.48. The van der Waals surface area contributed by atoms with Crippen molar-refractivity contribution in [2.45, 2.75) is 19.8 Å². The molecule has 1 N–H and O–H groups in total. The number of carbonyl (C=O) groups excluding carboxylic acids is 3. The van der Waals surface area contributed by atoms with Crippen molar-refractivity contribution in [3.63, 3.8) is 0 Å². The summed E-state index contributed by atoms with van der Waals surface area (Å²) in [7, 11) is 0. The van der Waals surface area contributed by atoms with Crippen LogP contribution >= 0.6 is 11.6 Å². The van der Waals surface area contributed by atoms with Crippen LogP contribution in [0.2, 0.25) is 5.02 Å². The summed E-state index contributed by atoms with van der Waals surface area (Å²) in [6.45, 7) is 5.78. The van der Waals surface area contributed by atoms with Gasteiger partial charge in [-0.25, -0.2) is 0 Å². The molecule has 4 atom stereocenters. The number of anilines is 1. The molecule has 196 valence electrons. The smallest absolute Gasteiger partial charge is 0.262 e. The fraction of sp³-hybridized carbons (Fsp3) is 0.310. The zero-order valence-corrected chi connectivity index (χ0v) is 21.7. The summed E-state index contributed by atoms with van der Waals surface area (Å²) in [6, 6.07) is 10.3. The molecule has 0 aromatic heterocycles. The molecule has 2 aromatic carbocycles. The molecule has 1 heterocycles. The molecule has 3 amide bonds. The summed E-state index contributed by atoms with van der Waals surface area (Å²) in [5.74, 6) is -0.347. The topological polar surface area (TPSA) is 97.3 Å². The Kier molecular flexibility index (Phi) is 7.33. The molecule has 8 nitrogen and oxygen atoms in total. The molecule has 0 unspecified atom stereocenters. The number of allylic oxidation sites excluding steroid dienone is 3. The minimum absolute atomic E-state index is 0.124. The number of imide groups is 1. The van der Waals surface area contributed by atoms with Crippen LogP contribution in [-0.4, -0.2) is 42.2 Å². The van der Waals surface area contributed by atoms with Crippen molar-refractivity contribution in [2.75, 3.05) is 18.5 Å². The number of carbonyl (C=O) groups is 3. The lowest BCUT2D eigenvalue weighted by Gasteiger charge is -2.17. The van der Waals surface area contributed by atoms with Gasteiger partial charge >= 0.3 is 0 Å². The molecule has 0 radical (unpaired) electrons. The summed E-state index contributed by atoms with van der Waals surface area (Å²) in [5, 5.41) is 8.63. The molecule has 2 aromatic rings. The lowest BCUT2D eigenvalue weighted by atomic mass is 9.85. The van der Waals surface area contributed by atoms with Gasteiger partial charge in [0, 0.05) is 16.3 Å². The van der Waals surface area contributed by atoms with E-state index in [9.17, 15) is 14.4 Å². The van der Waals surface area contributed by atoms with Crippen LogP contribution in [0.15, 0.2) is 66.3 Å². The third kappa shape index (κ3) is 4.96. The van der Waals surface area contributed by atoms with Crippen LogP contribution in [0.1, 0.15) is 24.5 Å². The maximum Gasteiger partial charge on any atom is 0.262 e. The minimum Gasteiger partial charge on any atom is -0.490 e. The summed E-state index contributed by atoms with van der Waals surface area (Å²) in [4.78, 5) is 38.4. The standard InChI is InChI=1S/C29H28ClN3O5/c1-3-5-20-12-17(15-31-33-28(35)25-18-6-7-19(14-18)26(25)29(33)36)13-23(37-4-2)27(20)38-16-24(34)32-22-10-8-21(30)9-11-22/h3,6-13,15,18-19,25-26H,1,4-5,14,16H2,2H3,(H,32,34)/t18-,19-,25-,26+/m0/s1. The number of ether oxygens (including phenoxy) is 2. The first-order valence-corrected chi connectivity index (χ1v) is 13.0. The normalized spacial score (nSPS) is 23.3. The molecule has 1 saturated heterocycles. The van der Waals surface area contributed by atoms with Gasteiger partial charge in [0.15, 0.2) is 18.1 Å². The van der Waals surface area contributed by atoms with E-state index < -0.39 is 0 Å². The Morgan fingerprint density at radius 3 is 2.45 bits per heavy atom. The Morgan fingerprint density at radius 1 is 1.13 bits per heavy atom. The van der Waals surface area contributed by atoms with Gasteiger partial charge in [-0.1, -0.05) is 29.8 Å². The largest absolute Gasteiger partial charge is 0.490 e. The van der Waals surface area contributed by atoms with E-state index in [0.717, 1.165) is 17.0 Å². The third-order valence-corrected chi connectivity index (χ3v) is 7.32. The van der Waals surface area contributed by atoms with Gasteiger partial charge in [-0.3, -0.25) is 14.4 Å². The van der Waals surface area contributed by atoms with Crippen LogP contribution in [0, 0.1) is 23.7 Å². The predicted octanol–water partition coefficient (Wildman–Crippen LogP) is 4.63. The molecule has 9 heteroatoms. The molecule has 0 spiro atoms.